The van der Waals surface area contributed by atoms with Crippen molar-refractivity contribution >= 4 is 22.6 Å². The highest BCUT2D eigenvalue weighted by atomic mass is 16.5. The number of hydrogen-bond donors (Lipinski definition) is 2. The van der Waals surface area contributed by atoms with Gasteiger partial charge in [-0.1, -0.05) is 23.4 Å². The summed E-state index contributed by atoms with van der Waals surface area (Å²) in [5.74, 6) is 1.41. The van der Waals surface area contributed by atoms with Crippen molar-refractivity contribution in [3.8, 4) is 0 Å². The lowest BCUT2D eigenvalue weighted by Gasteiger charge is -2.16. The van der Waals surface area contributed by atoms with Crippen molar-refractivity contribution in [3.05, 3.63) is 52.9 Å². The van der Waals surface area contributed by atoms with Crippen LogP contribution in [0, 0.1) is 13.8 Å². The third-order valence-corrected chi connectivity index (χ3v) is 4.76. The largest absolute Gasteiger partial charge is 0.363 e. The molecular weight excluding hydrogens is 328 g/mol. The fourth-order valence-corrected chi connectivity index (χ4v) is 3.33. The second-order valence-electron chi connectivity index (χ2n) is 6.92. The van der Waals surface area contributed by atoms with Gasteiger partial charge in [-0.05, 0) is 45.7 Å². The SMILES string of the molecule is Cc1noc(C)c1C(C)Nc1cc(C(=O)NC2CC2)c2ccccc2n1. The van der Waals surface area contributed by atoms with Crippen LogP contribution < -0.4 is 10.6 Å². The predicted octanol–water partition coefficient (Wildman–Crippen LogP) is 3.90. The molecule has 0 aliphatic heterocycles. The summed E-state index contributed by atoms with van der Waals surface area (Å²) >= 11 is 0. The number of benzene rings is 1. The van der Waals surface area contributed by atoms with Gasteiger partial charge in [-0.15, -0.1) is 0 Å². The molecule has 1 fully saturated rings. The number of rotatable bonds is 5. The molecule has 2 N–H and O–H groups in total. The van der Waals surface area contributed by atoms with Gasteiger partial charge in [0.2, 0.25) is 0 Å². The molecule has 1 unspecified atom stereocenters. The van der Waals surface area contributed by atoms with Crippen LogP contribution >= 0.6 is 0 Å². The Morgan fingerprint density at radius 2 is 2.04 bits per heavy atom. The molecule has 134 valence electrons. The Kier molecular flexibility index (Phi) is 4.11. The fourth-order valence-electron chi connectivity index (χ4n) is 3.33. The number of para-hydroxylation sites is 1. The summed E-state index contributed by atoms with van der Waals surface area (Å²) in [7, 11) is 0. The number of carbonyl (C=O) groups is 1. The third-order valence-electron chi connectivity index (χ3n) is 4.76. The zero-order valence-electron chi connectivity index (χ0n) is 15.2. The highest BCUT2D eigenvalue weighted by Crippen LogP contribution is 2.28. The number of amides is 1. The molecule has 1 saturated carbocycles. The Labute approximate surface area is 152 Å². The molecule has 6 nitrogen and oxygen atoms in total. The summed E-state index contributed by atoms with van der Waals surface area (Å²) in [5.41, 5.74) is 3.32. The van der Waals surface area contributed by atoms with E-state index in [4.69, 9.17) is 4.52 Å². The van der Waals surface area contributed by atoms with Crippen LogP contribution in [0.2, 0.25) is 0 Å². The number of fused-ring (bicyclic) bond motifs is 1. The van der Waals surface area contributed by atoms with Crippen molar-refractivity contribution < 1.29 is 9.32 Å². The van der Waals surface area contributed by atoms with Gasteiger partial charge in [-0.2, -0.15) is 0 Å². The minimum Gasteiger partial charge on any atom is -0.363 e. The van der Waals surface area contributed by atoms with Crippen LogP contribution in [-0.2, 0) is 0 Å². The van der Waals surface area contributed by atoms with E-state index in [-0.39, 0.29) is 11.9 Å². The van der Waals surface area contributed by atoms with E-state index in [1.54, 1.807) is 0 Å². The second kappa shape index (κ2) is 6.44. The number of anilines is 1. The van der Waals surface area contributed by atoms with Crippen molar-refractivity contribution in [3.63, 3.8) is 0 Å². The minimum absolute atomic E-state index is 0.0331. The zero-order chi connectivity index (χ0) is 18.3. The van der Waals surface area contributed by atoms with E-state index in [1.807, 2.05) is 51.1 Å². The average molecular weight is 350 g/mol. The first kappa shape index (κ1) is 16.6. The Bertz CT molecular complexity index is 956. The molecule has 6 heteroatoms. The van der Waals surface area contributed by atoms with Gasteiger partial charge in [0, 0.05) is 17.0 Å². The van der Waals surface area contributed by atoms with Crippen LogP contribution in [0.1, 0.15) is 53.2 Å². The summed E-state index contributed by atoms with van der Waals surface area (Å²) in [6.45, 7) is 5.86. The van der Waals surface area contributed by atoms with Crippen molar-refractivity contribution in [1.29, 1.82) is 0 Å². The highest BCUT2D eigenvalue weighted by molar-refractivity contribution is 6.07. The maximum atomic E-state index is 12.7. The molecule has 1 aromatic carbocycles. The van der Waals surface area contributed by atoms with Crippen LogP contribution in [0.5, 0.6) is 0 Å². The van der Waals surface area contributed by atoms with E-state index in [0.717, 1.165) is 40.8 Å². The standard InChI is InChI=1S/C20H22N4O2/c1-11(19-12(2)24-26-13(19)3)21-18-10-16(20(25)22-14-8-9-14)15-6-4-5-7-17(15)23-18/h4-7,10-11,14H,8-9H2,1-3H3,(H,21,23)(H,22,25). The van der Waals surface area contributed by atoms with Gasteiger partial charge in [0.05, 0.1) is 22.8 Å². The number of nitrogens with zero attached hydrogens (tertiary/aromatic N) is 2. The van der Waals surface area contributed by atoms with E-state index < -0.39 is 0 Å². The van der Waals surface area contributed by atoms with Gasteiger partial charge in [0.25, 0.3) is 5.91 Å². The molecule has 0 radical (unpaired) electrons. The van der Waals surface area contributed by atoms with Crippen LogP contribution in [0.3, 0.4) is 0 Å². The van der Waals surface area contributed by atoms with Crippen LogP contribution in [0.25, 0.3) is 10.9 Å². The molecule has 0 spiro atoms. The number of hydrogen-bond acceptors (Lipinski definition) is 5. The molecule has 4 rings (SSSR count). The Morgan fingerprint density at radius 3 is 2.73 bits per heavy atom. The monoisotopic (exact) mass is 350 g/mol. The van der Waals surface area contributed by atoms with Crippen LogP contribution in [0.15, 0.2) is 34.9 Å². The topological polar surface area (TPSA) is 80.0 Å². The first-order chi connectivity index (χ1) is 12.5. The third kappa shape index (κ3) is 3.14. The van der Waals surface area contributed by atoms with E-state index in [9.17, 15) is 4.79 Å². The lowest BCUT2D eigenvalue weighted by atomic mass is 10.1. The quantitative estimate of drug-likeness (QED) is 0.729. The molecule has 0 bridgehead atoms. The number of aromatic nitrogens is 2. The molecule has 26 heavy (non-hydrogen) atoms. The van der Waals surface area contributed by atoms with Gasteiger partial charge < -0.3 is 15.2 Å². The number of pyridine rings is 1. The van der Waals surface area contributed by atoms with E-state index in [2.05, 4.69) is 20.8 Å². The van der Waals surface area contributed by atoms with Gasteiger partial charge in [0.15, 0.2) is 0 Å². The molecule has 1 amide bonds. The predicted molar refractivity (Wildman–Crippen MR) is 100 cm³/mol. The highest BCUT2D eigenvalue weighted by Gasteiger charge is 2.25. The zero-order valence-corrected chi connectivity index (χ0v) is 15.2. The summed E-state index contributed by atoms with van der Waals surface area (Å²) in [6, 6.07) is 9.83. The number of carbonyl (C=O) groups excluding carboxylic acids is 1. The van der Waals surface area contributed by atoms with Crippen molar-refractivity contribution in [2.75, 3.05) is 5.32 Å². The van der Waals surface area contributed by atoms with Gasteiger partial charge in [-0.25, -0.2) is 4.98 Å². The maximum Gasteiger partial charge on any atom is 0.252 e. The van der Waals surface area contributed by atoms with Gasteiger partial charge >= 0.3 is 0 Å². The lowest BCUT2D eigenvalue weighted by Crippen LogP contribution is -2.26. The van der Waals surface area contributed by atoms with Crippen molar-refractivity contribution in [1.82, 2.24) is 15.5 Å². The molecule has 2 heterocycles. The summed E-state index contributed by atoms with van der Waals surface area (Å²) in [5, 5.41) is 11.3. The molecule has 1 atom stereocenters. The molecule has 0 saturated heterocycles. The van der Waals surface area contributed by atoms with E-state index >= 15 is 0 Å². The van der Waals surface area contributed by atoms with Crippen molar-refractivity contribution in [2.24, 2.45) is 0 Å². The Morgan fingerprint density at radius 1 is 1.27 bits per heavy atom. The minimum atomic E-state index is -0.0425. The molecule has 2 aromatic heterocycles. The maximum absolute atomic E-state index is 12.7. The first-order valence-electron chi connectivity index (χ1n) is 8.93. The molecule has 1 aliphatic carbocycles. The van der Waals surface area contributed by atoms with Crippen LogP contribution in [-0.4, -0.2) is 22.1 Å². The van der Waals surface area contributed by atoms with E-state index in [0.29, 0.717) is 17.4 Å². The second-order valence-corrected chi connectivity index (χ2v) is 6.92. The Hall–Kier alpha value is -2.89. The van der Waals surface area contributed by atoms with Gasteiger partial charge in [-0.3, -0.25) is 4.79 Å². The summed E-state index contributed by atoms with van der Waals surface area (Å²) in [6.07, 6.45) is 2.12. The summed E-state index contributed by atoms with van der Waals surface area (Å²) in [4.78, 5) is 17.4. The van der Waals surface area contributed by atoms with E-state index in [1.165, 1.54) is 0 Å². The Balaban J connectivity index is 1.69. The smallest absolute Gasteiger partial charge is 0.252 e. The first-order valence-corrected chi connectivity index (χ1v) is 8.93. The summed E-state index contributed by atoms with van der Waals surface area (Å²) < 4.78 is 5.26. The molecular formula is C20H22N4O2. The lowest BCUT2D eigenvalue weighted by molar-refractivity contribution is 0.0952. The van der Waals surface area contributed by atoms with Gasteiger partial charge in [0.1, 0.15) is 11.6 Å². The normalized spacial score (nSPS) is 15.0. The number of nitrogens with one attached hydrogen (secondary N) is 2. The number of aryl methyl sites for hydroxylation is 2. The van der Waals surface area contributed by atoms with Crippen LogP contribution in [0.4, 0.5) is 5.82 Å². The average Bonchev–Trinajstić information content (AvgIpc) is 3.36. The molecule has 1 aliphatic rings. The molecule has 3 aromatic rings. The fraction of sp³-hybridized carbons (Fsp3) is 0.350. The van der Waals surface area contributed by atoms with Crippen molar-refractivity contribution in [2.45, 2.75) is 45.7 Å².